The van der Waals surface area contributed by atoms with Crippen molar-refractivity contribution in [2.45, 2.75) is 39.0 Å². The van der Waals surface area contributed by atoms with Crippen LogP contribution < -0.4 is 4.74 Å². The Hall–Kier alpha value is -2.25. The van der Waals surface area contributed by atoms with Gasteiger partial charge in [0.1, 0.15) is 12.4 Å². The molecule has 1 atom stereocenters. The van der Waals surface area contributed by atoms with Crippen molar-refractivity contribution in [3.8, 4) is 5.88 Å². The van der Waals surface area contributed by atoms with E-state index in [9.17, 15) is 0 Å². The van der Waals surface area contributed by atoms with Crippen molar-refractivity contribution in [2.24, 2.45) is 0 Å². The molecule has 7 nitrogen and oxygen atoms in total. The molecule has 0 aliphatic carbocycles. The highest BCUT2D eigenvalue weighted by atomic mass is 16.5. The number of rotatable bonds is 5. The molecular formula is C19H25N5O2. The Kier molecular flexibility index (Phi) is 5.26. The lowest BCUT2D eigenvalue weighted by Gasteiger charge is -2.28. The Labute approximate surface area is 153 Å². The summed E-state index contributed by atoms with van der Waals surface area (Å²) >= 11 is 0. The van der Waals surface area contributed by atoms with Gasteiger partial charge in [-0.3, -0.25) is 4.90 Å². The standard InChI is InChI=1S/C19H25N5O2/c1-15-11-17-21-22-18(14-26-19-6-2-3-7-20-19)24(17)9-8-23(15)12-16-5-4-10-25-13-16/h2-3,5-7,15H,4,8-14H2,1H3. The molecule has 0 fully saturated rings. The van der Waals surface area contributed by atoms with Gasteiger partial charge in [0, 0.05) is 44.4 Å². The second kappa shape index (κ2) is 7.97. The van der Waals surface area contributed by atoms with Crippen LogP contribution in [0.25, 0.3) is 0 Å². The lowest BCUT2D eigenvalue weighted by Crippen LogP contribution is -2.37. The van der Waals surface area contributed by atoms with Crippen LogP contribution in [0.1, 0.15) is 25.0 Å². The van der Waals surface area contributed by atoms with E-state index in [2.05, 4.69) is 37.6 Å². The summed E-state index contributed by atoms with van der Waals surface area (Å²) in [6.45, 7) is 7.08. The molecule has 0 aromatic carbocycles. The summed E-state index contributed by atoms with van der Waals surface area (Å²) in [5.74, 6) is 2.51. The van der Waals surface area contributed by atoms with Crippen molar-refractivity contribution in [1.82, 2.24) is 24.6 Å². The predicted molar refractivity (Wildman–Crippen MR) is 96.8 cm³/mol. The highest BCUT2D eigenvalue weighted by molar-refractivity contribution is 5.11. The Bertz CT molecular complexity index is 759. The molecule has 0 saturated carbocycles. The minimum absolute atomic E-state index is 0.386. The first-order valence-corrected chi connectivity index (χ1v) is 9.24. The van der Waals surface area contributed by atoms with Crippen LogP contribution in [-0.2, 0) is 24.3 Å². The van der Waals surface area contributed by atoms with Gasteiger partial charge in [-0.2, -0.15) is 0 Å². The third-order valence-electron chi connectivity index (χ3n) is 4.99. The second-order valence-electron chi connectivity index (χ2n) is 6.87. The third kappa shape index (κ3) is 3.94. The molecule has 4 rings (SSSR count). The fourth-order valence-corrected chi connectivity index (χ4v) is 3.52. The van der Waals surface area contributed by atoms with Gasteiger partial charge in [0.05, 0.1) is 13.2 Å². The van der Waals surface area contributed by atoms with E-state index in [1.807, 2.05) is 18.2 Å². The predicted octanol–water partition coefficient (Wildman–Crippen LogP) is 1.85. The zero-order chi connectivity index (χ0) is 17.8. The fourth-order valence-electron chi connectivity index (χ4n) is 3.52. The largest absolute Gasteiger partial charge is 0.469 e. The maximum Gasteiger partial charge on any atom is 0.213 e. The lowest BCUT2D eigenvalue weighted by atomic mass is 10.1. The monoisotopic (exact) mass is 355 g/mol. The summed E-state index contributed by atoms with van der Waals surface area (Å²) in [7, 11) is 0. The van der Waals surface area contributed by atoms with Crippen molar-refractivity contribution in [2.75, 3.05) is 26.3 Å². The molecule has 138 valence electrons. The lowest BCUT2D eigenvalue weighted by molar-refractivity contribution is 0.136. The number of hydrogen-bond acceptors (Lipinski definition) is 6. The van der Waals surface area contributed by atoms with Gasteiger partial charge < -0.3 is 14.0 Å². The van der Waals surface area contributed by atoms with E-state index >= 15 is 0 Å². The summed E-state index contributed by atoms with van der Waals surface area (Å²) < 4.78 is 13.5. The molecule has 0 amide bonds. The molecule has 0 bridgehead atoms. The molecule has 4 heterocycles. The van der Waals surface area contributed by atoms with Crippen LogP contribution in [0.15, 0.2) is 36.0 Å². The Balaban J connectivity index is 1.41. The van der Waals surface area contributed by atoms with Crippen LogP contribution in [0.5, 0.6) is 5.88 Å². The van der Waals surface area contributed by atoms with Crippen LogP contribution in [0.4, 0.5) is 0 Å². The van der Waals surface area contributed by atoms with Gasteiger partial charge in [0.15, 0.2) is 5.82 Å². The summed E-state index contributed by atoms with van der Waals surface area (Å²) in [6, 6.07) is 6.06. The molecule has 0 spiro atoms. The van der Waals surface area contributed by atoms with Crippen molar-refractivity contribution in [1.29, 1.82) is 0 Å². The molecular weight excluding hydrogens is 330 g/mol. The quantitative estimate of drug-likeness (QED) is 0.763. The maximum atomic E-state index is 5.76. The SMILES string of the molecule is CC1Cc2nnc(COc3ccccn3)n2CCN1CC1=CCCOC1. The summed E-state index contributed by atoms with van der Waals surface area (Å²) in [4.78, 5) is 6.70. The molecule has 7 heteroatoms. The van der Waals surface area contributed by atoms with E-state index in [4.69, 9.17) is 9.47 Å². The van der Waals surface area contributed by atoms with Crippen LogP contribution >= 0.6 is 0 Å². The second-order valence-corrected chi connectivity index (χ2v) is 6.87. The number of aromatic nitrogens is 4. The van der Waals surface area contributed by atoms with E-state index in [0.717, 1.165) is 57.3 Å². The van der Waals surface area contributed by atoms with Gasteiger partial charge in [0.25, 0.3) is 0 Å². The number of fused-ring (bicyclic) bond motifs is 1. The van der Waals surface area contributed by atoms with Gasteiger partial charge in [-0.05, 0) is 25.0 Å². The van der Waals surface area contributed by atoms with Gasteiger partial charge >= 0.3 is 0 Å². The van der Waals surface area contributed by atoms with Crippen LogP contribution in [0.3, 0.4) is 0 Å². The fraction of sp³-hybridized carbons (Fsp3) is 0.526. The molecule has 2 aromatic rings. The highest BCUT2D eigenvalue weighted by Crippen LogP contribution is 2.18. The number of pyridine rings is 1. The van der Waals surface area contributed by atoms with Gasteiger partial charge in [-0.15, -0.1) is 10.2 Å². The highest BCUT2D eigenvalue weighted by Gasteiger charge is 2.25. The minimum atomic E-state index is 0.386. The van der Waals surface area contributed by atoms with E-state index in [-0.39, 0.29) is 0 Å². The zero-order valence-electron chi connectivity index (χ0n) is 15.2. The smallest absolute Gasteiger partial charge is 0.213 e. The van der Waals surface area contributed by atoms with E-state index in [0.29, 0.717) is 18.5 Å². The topological polar surface area (TPSA) is 65.3 Å². The first-order chi connectivity index (χ1) is 12.8. The molecule has 26 heavy (non-hydrogen) atoms. The molecule has 0 radical (unpaired) electrons. The molecule has 2 aliphatic heterocycles. The molecule has 0 saturated heterocycles. The molecule has 2 aliphatic rings. The molecule has 0 N–H and O–H groups in total. The Morgan fingerprint density at radius 1 is 1.27 bits per heavy atom. The minimum Gasteiger partial charge on any atom is -0.469 e. The van der Waals surface area contributed by atoms with Crippen LogP contribution in [0, 0.1) is 0 Å². The van der Waals surface area contributed by atoms with Crippen molar-refractivity contribution in [3.05, 3.63) is 47.7 Å². The van der Waals surface area contributed by atoms with Crippen molar-refractivity contribution < 1.29 is 9.47 Å². The average molecular weight is 355 g/mol. The number of hydrogen-bond donors (Lipinski definition) is 0. The van der Waals surface area contributed by atoms with Gasteiger partial charge in [-0.1, -0.05) is 12.1 Å². The Morgan fingerprint density at radius 3 is 3.04 bits per heavy atom. The Morgan fingerprint density at radius 2 is 2.23 bits per heavy atom. The zero-order valence-corrected chi connectivity index (χ0v) is 15.2. The van der Waals surface area contributed by atoms with Crippen LogP contribution in [0.2, 0.25) is 0 Å². The maximum absolute atomic E-state index is 5.76. The molecule has 1 unspecified atom stereocenters. The first kappa shape index (κ1) is 17.2. The van der Waals surface area contributed by atoms with E-state index in [1.54, 1.807) is 6.20 Å². The summed E-state index contributed by atoms with van der Waals surface area (Å²) in [5.41, 5.74) is 1.39. The van der Waals surface area contributed by atoms with Gasteiger partial charge in [-0.25, -0.2) is 4.98 Å². The van der Waals surface area contributed by atoms with Crippen molar-refractivity contribution >= 4 is 0 Å². The van der Waals surface area contributed by atoms with Crippen molar-refractivity contribution in [3.63, 3.8) is 0 Å². The molecule has 2 aromatic heterocycles. The first-order valence-electron chi connectivity index (χ1n) is 9.24. The summed E-state index contributed by atoms with van der Waals surface area (Å²) in [6.07, 6.45) is 5.97. The van der Waals surface area contributed by atoms with E-state index < -0.39 is 0 Å². The summed E-state index contributed by atoms with van der Waals surface area (Å²) in [5, 5.41) is 8.75. The third-order valence-corrected chi connectivity index (χ3v) is 4.99. The normalized spacial score (nSPS) is 21.0. The number of nitrogens with zero attached hydrogens (tertiary/aromatic N) is 5. The van der Waals surface area contributed by atoms with E-state index in [1.165, 1.54) is 5.57 Å². The van der Waals surface area contributed by atoms with Gasteiger partial charge in [0.2, 0.25) is 5.88 Å². The number of ether oxygens (including phenoxy) is 2. The van der Waals surface area contributed by atoms with Crippen LogP contribution in [-0.4, -0.2) is 57.0 Å². The average Bonchev–Trinajstić information content (AvgIpc) is 2.99.